The number of likely N-dealkylation sites (N-methyl/N-ethyl adjacent to an activating group) is 1. The molecule has 0 aromatic heterocycles. The van der Waals surface area contributed by atoms with Gasteiger partial charge in [0.25, 0.3) is 5.91 Å². The topological polar surface area (TPSA) is 264 Å². The number of cyclic esters (lactones) is 1. The quantitative estimate of drug-likeness (QED) is 0.0820. The van der Waals surface area contributed by atoms with Gasteiger partial charge in [0.2, 0.25) is 0 Å². The molecule has 452 valence electrons. The maximum Gasteiger partial charge on any atom is 0.311 e. The van der Waals surface area contributed by atoms with Crippen molar-refractivity contribution in [1.29, 1.82) is 0 Å². The minimum absolute atomic E-state index is 0.0379. The molecule has 4 aliphatic carbocycles. The number of aliphatic hydroxyl groups excluding tert-OH is 3. The Hall–Kier alpha value is -2.50. The lowest BCUT2D eigenvalue weighted by atomic mass is 9.46. The van der Waals surface area contributed by atoms with Crippen LogP contribution in [0.25, 0.3) is 0 Å². The Morgan fingerprint density at radius 3 is 2.25 bits per heavy atom. The molecule has 0 bridgehead atoms. The minimum atomic E-state index is -1.99. The van der Waals surface area contributed by atoms with Crippen LogP contribution in [0.2, 0.25) is 0 Å². The number of rotatable bonds is 12. The fraction of sp³-hybridized carbons (Fsp3) is 0.900. The zero-order chi connectivity index (χ0) is 58.7. The summed E-state index contributed by atoms with van der Waals surface area (Å²) in [7, 11) is 5.23. The van der Waals surface area contributed by atoms with E-state index in [0.717, 1.165) is 5.57 Å². The summed E-state index contributed by atoms with van der Waals surface area (Å²) in [6.45, 7) is 22.1. The molecule has 79 heavy (non-hydrogen) atoms. The summed E-state index contributed by atoms with van der Waals surface area (Å²) in [6.07, 6.45) is -4.05. The van der Waals surface area contributed by atoms with Crippen LogP contribution in [0.15, 0.2) is 11.6 Å². The first-order chi connectivity index (χ1) is 36.7. The second kappa shape index (κ2) is 24.2. The zero-order valence-electron chi connectivity index (χ0n) is 50.2. The first kappa shape index (κ1) is 64.1. The van der Waals surface area contributed by atoms with Gasteiger partial charge in [-0.25, -0.2) is 0 Å². The molecule has 0 aromatic carbocycles. The van der Waals surface area contributed by atoms with Crippen molar-refractivity contribution in [3.8, 4) is 0 Å². The van der Waals surface area contributed by atoms with Crippen molar-refractivity contribution < 1.29 is 78.2 Å². The molecule has 3 heterocycles. The molecule has 1 amide bonds. The average molecular weight is 1120 g/mol. The molecule has 3 aliphatic heterocycles. The van der Waals surface area contributed by atoms with Gasteiger partial charge in [0.1, 0.15) is 47.2 Å². The number of esters is 1. The van der Waals surface area contributed by atoms with Crippen molar-refractivity contribution in [3.63, 3.8) is 0 Å². The van der Waals surface area contributed by atoms with Gasteiger partial charge in [0, 0.05) is 81.8 Å². The highest BCUT2D eigenvalue weighted by Gasteiger charge is 2.68. The van der Waals surface area contributed by atoms with E-state index in [4.69, 9.17) is 28.4 Å². The molecule has 7 aliphatic rings. The van der Waals surface area contributed by atoms with Crippen molar-refractivity contribution in [3.05, 3.63) is 11.6 Å². The Labute approximate surface area is 470 Å². The summed E-state index contributed by atoms with van der Waals surface area (Å²) in [5.41, 5.74) is -6.91. The lowest BCUT2D eigenvalue weighted by Crippen LogP contribution is -2.62. The van der Waals surface area contributed by atoms with Crippen LogP contribution >= 0.6 is 0 Å². The van der Waals surface area contributed by atoms with E-state index in [0.29, 0.717) is 44.9 Å². The maximum absolute atomic E-state index is 14.7. The molecule has 0 radical (unpaired) electrons. The van der Waals surface area contributed by atoms with Crippen molar-refractivity contribution in [2.45, 2.75) is 256 Å². The van der Waals surface area contributed by atoms with Gasteiger partial charge in [0.15, 0.2) is 12.6 Å². The fourth-order valence-corrected chi connectivity index (χ4v) is 16.2. The average Bonchev–Trinajstić information content (AvgIpc) is 3.96. The highest BCUT2D eigenvalue weighted by atomic mass is 16.7. The summed E-state index contributed by atoms with van der Waals surface area (Å²) >= 11 is 0. The van der Waals surface area contributed by atoms with Crippen LogP contribution in [0.3, 0.4) is 0 Å². The molecular weight excluding hydrogens is 1020 g/mol. The van der Waals surface area contributed by atoms with Gasteiger partial charge in [-0.15, -0.1) is 0 Å². The van der Waals surface area contributed by atoms with Crippen LogP contribution in [0, 0.1) is 46.3 Å². The van der Waals surface area contributed by atoms with Gasteiger partial charge in [-0.2, -0.15) is 0 Å². The molecule has 19 nitrogen and oxygen atoms in total. The fourth-order valence-electron chi connectivity index (χ4n) is 16.2. The van der Waals surface area contributed by atoms with Crippen LogP contribution in [0.1, 0.15) is 160 Å². The predicted molar refractivity (Wildman–Crippen MR) is 293 cm³/mol. The third-order valence-electron chi connectivity index (χ3n) is 21.1. The number of Topliss-reactive ketones (excluding diaryl/α,β-unsaturated/α-hetero) is 2. The Kier molecular flexibility index (Phi) is 19.7. The number of ketones is 2. The number of ether oxygens (including phenoxy) is 6. The van der Waals surface area contributed by atoms with Gasteiger partial charge in [0.05, 0.1) is 41.5 Å². The minimum Gasteiger partial charge on any atom is -0.459 e. The number of aliphatic hydroxyl groups is 6. The number of hydrogen-bond donors (Lipinski definition) is 7. The van der Waals surface area contributed by atoms with Crippen molar-refractivity contribution in [2.75, 3.05) is 40.8 Å². The van der Waals surface area contributed by atoms with Gasteiger partial charge in [-0.3, -0.25) is 24.1 Å². The first-order valence-corrected chi connectivity index (χ1v) is 29.7. The van der Waals surface area contributed by atoms with Gasteiger partial charge in [-0.1, -0.05) is 46.3 Å². The largest absolute Gasteiger partial charge is 0.459 e. The number of nitrogens with one attached hydrogen (secondary N) is 1. The summed E-state index contributed by atoms with van der Waals surface area (Å²) in [5.74, 6) is -3.69. The van der Waals surface area contributed by atoms with E-state index >= 15 is 0 Å². The number of amides is 1. The number of carbonyl (C=O) groups excluding carboxylic acids is 4. The van der Waals surface area contributed by atoms with Gasteiger partial charge < -0.3 is 69.3 Å². The van der Waals surface area contributed by atoms with E-state index in [1.165, 1.54) is 14.0 Å². The molecule has 7 N–H and O–H groups in total. The lowest BCUT2D eigenvalue weighted by Gasteiger charge is -2.57. The SMILES string of the molecule is CC[C@H]1OC(=O)[C@H](C)[C@@H](O[C@@H]2C[C@](C)(OC)[C@H](O)C(C)O2)[C@H](C)[C@@H](O[C@@H]2O[C@H](C)C[C@@H](N(C)C)[C@H]2O)[C@](C)(O)C[C@@H](C)CN(CCCNC(=O)[C@@]2(O)CCC3C4CC=C5CC(=O)CC[C@]5(C)C4C(=O)C[C@@]32C)[C@H](C)[C@@H](O)[C@]1(C)O. The van der Waals surface area contributed by atoms with E-state index in [1.54, 1.807) is 48.5 Å². The number of nitrogens with zero attached hydrogens (tertiary/aromatic N) is 2. The van der Waals surface area contributed by atoms with Crippen LogP contribution in [0.5, 0.6) is 0 Å². The highest BCUT2D eigenvalue weighted by molar-refractivity contribution is 5.91. The predicted octanol–water partition coefficient (Wildman–Crippen LogP) is 4.22. The van der Waals surface area contributed by atoms with Crippen molar-refractivity contribution in [1.82, 2.24) is 15.1 Å². The maximum atomic E-state index is 14.7. The molecule has 0 spiro atoms. The molecule has 4 unspecified atom stereocenters. The number of hydrogen-bond acceptors (Lipinski definition) is 18. The third kappa shape index (κ3) is 12.2. The smallest absolute Gasteiger partial charge is 0.311 e. The number of allylic oxidation sites excluding steroid dienone is 2. The van der Waals surface area contributed by atoms with E-state index in [-0.39, 0.29) is 99.1 Å². The Balaban J connectivity index is 1.15. The number of methoxy groups -OCH3 is 1. The van der Waals surface area contributed by atoms with E-state index in [9.17, 15) is 49.8 Å². The Bertz CT molecular complexity index is 2210. The molecule has 3 saturated heterocycles. The van der Waals surface area contributed by atoms with E-state index in [1.807, 2.05) is 44.7 Å². The van der Waals surface area contributed by atoms with E-state index in [2.05, 4.69) is 18.3 Å². The summed E-state index contributed by atoms with van der Waals surface area (Å²) in [6, 6.07) is -1.12. The summed E-state index contributed by atoms with van der Waals surface area (Å²) in [4.78, 5) is 59.8. The summed E-state index contributed by atoms with van der Waals surface area (Å²) < 4.78 is 38.3. The molecule has 19 heteroatoms. The van der Waals surface area contributed by atoms with Gasteiger partial charge in [-0.05, 0) is 137 Å². The number of fused-ring (bicyclic) bond motifs is 5. The van der Waals surface area contributed by atoms with Crippen LogP contribution in [0.4, 0.5) is 0 Å². The molecule has 6 fully saturated rings. The first-order valence-electron chi connectivity index (χ1n) is 29.7. The van der Waals surface area contributed by atoms with Crippen molar-refractivity contribution in [2.24, 2.45) is 46.3 Å². The van der Waals surface area contributed by atoms with E-state index < -0.39 is 118 Å². The van der Waals surface area contributed by atoms with Crippen LogP contribution < -0.4 is 5.32 Å². The standard InChI is InChI=1S/C60H101N3O16/c1-16-44-59(12,72)49(67)36(6)63(25-17-24-61-54(70)60(73)23-21-41-40-19-18-38-27-39(64)20-22-55(38,8)46(40)43(65)29-56(41,60)9)31-32(2)28-57(10,71)51(79-53-47(66)42(62(13)14)26-33(3)75-53)34(4)48(35(5)52(69)77-44)78-45-30-58(11,74-15)50(68)37(7)76-45/h18,32-37,40-42,44-51,53,66-68,71-73H,16-17,19-31H2,1-15H3,(H,61,70)/t32-,33-,34+,35-,36-,37?,40?,41?,42-,44-,45-,46?,47-,48+,49-,50-,51-,53+,55+,56+,57-,58+,59-,60+/m1/s1. The third-order valence-corrected chi connectivity index (χ3v) is 21.1. The number of carbonyl (C=O) groups is 4. The second-order valence-corrected chi connectivity index (χ2v) is 27.1. The van der Waals surface area contributed by atoms with Crippen LogP contribution in [-0.4, -0.2) is 201 Å². The highest BCUT2D eigenvalue weighted by Crippen LogP contribution is 2.66. The molecular formula is C60H101N3O16. The Morgan fingerprint density at radius 1 is 0.924 bits per heavy atom. The molecule has 7 rings (SSSR count). The summed E-state index contributed by atoms with van der Waals surface area (Å²) in [5, 5.41) is 76.2. The van der Waals surface area contributed by atoms with Gasteiger partial charge >= 0.3 is 5.97 Å². The monoisotopic (exact) mass is 1120 g/mol. The second-order valence-electron chi connectivity index (χ2n) is 27.1. The van der Waals surface area contributed by atoms with Crippen molar-refractivity contribution >= 4 is 23.4 Å². The Morgan fingerprint density at radius 2 is 1.61 bits per heavy atom. The molecule has 24 atom stereocenters. The molecule has 3 saturated carbocycles. The van der Waals surface area contributed by atoms with Crippen LogP contribution in [-0.2, 0) is 47.6 Å². The zero-order valence-corrected chi connectivity index (χ0v) is 50.2. The molecule has 0 aromatic rings. The normalized spacial score (nSPS) is 48.7. The lowest BCUT2D eigenvalue weighted by molar-refractivity contribution is -0.318.